The molecule has 2 aromatic carbocycles. The number of phenolic OH excluding ortho intramolecular Hbond substituents is 1. The van der Waals surface area contributed by atoms with Crippen molar-refractivity contribution in [3.8, 4) is 5.75 Å². The average Bonchev–Trinajstić information content (AvgIpc) is 2.94. The molecule has 0 aliphatic heterocycles. The summed E-state index contributed by atoms with van der Waals surface area (Å²) in [6.45, 7) is 1.96. The number of carbonyl (C=O) groups is 2. The largest absolute Gasteiger partial charge is 0.508 e. The molecule has 3 aromatic rings. The van der Waals surface area contributed by atoms with E-state index >= 15 is 0 Å². The van der Waals surface area contributed by atoms with Crippen molar-refractivity contribution in [3.63, 3.8) is 0 Å². The summed E-state index contributed by atoms with van der Waals surface area (Å²) < 4.78 is 5.44. The number of aryl methyl sites for hydroxylation is 1. The van der Waals surface area contributed by atoms with Gasteiger partial charge in [-0.15, -0.1) is 0 Å². The van der Waals surface area contributed by atoms with Crippen LogP contribution in [-0.4, -0.2) is 16.9 Å². The molecule has 2 amide bonds. The second-order valence-electron chi connectivity index (χ2n) is 5.49. The molecular weight excluding hydrogens is 308 g/mol. The molecule has 0 aliphatic carbocycles. The molecule has 0 saturated carbocycles. The van der Waals surface area contributed by atoms with Crippen molar-refractivity contribution in [1.82, 2.24) is 10.9 Å². The van der Waals surface area contributed by atoms with Crippen LogP contribution < -0.4 is 10.9 Å². The molecule has 122 valence electrons. The molecule has 24 heavy (non-hydrogen) atoms. The molecule has 6 heteroatoms. The summed E-state index contributed by atoms with van der Waals surface area (Å²) in [7, 11) is 0. The van der Waals surface area contributed by atoms with Crippen molar-refractivity contribution < 1.29 is 19.1 Å². The first-order valence-corrected chi connectivity index (χ1v) is 7.38. The van der Waals surface area contributed by atoms with Gasteiger partial charge in [0.2, 0.25) is 5.91 Å². The highest BCUT2D eigenvalue weighted by Gasteiger charge is 2.12. The Labute approximate surface area is 138 Å². The van der Waals surface area contributed by atoms with Crippen molar-refractivity contribution in [2.75, 3.05) is 0 Å². The Hall–Kier alpha value is -3.28. The summed E-state index contributed by atoms with van der Waals surface area (Å²) in [6.07, 6.45) is 1.62. The standard InChI is InChI=1S/C18H16N2O4/c1-11-5-6-15-13(10-24-16(15)7-11)9-17(22)19-20-18(23)12-3-2-4-14(21)8-12/h2-8,10,21H,9H2,1H3,(H,19,22)(H,20,23). The molecule has 0 radical (unpaired) electrons. The zero-order valence-electron chi connectivity index (χ0n) is 13.0. The molecule has 1 aromatic heterocycles. The Morgan fingerprint density at radius 2 is 1.96 bits per heavy atom. The fraction of sp³-hybridized carbons (Fsp3) is 0.111. The molecule has 6 nitrogen and oxygen atoms in total. The smallest absolute Gasteiger partial charge is 0.269 e. The van der Waals surface area contributed by atoms with Crippen molar-refractivity contribution >= 4 is 22.8 Å². The summed E-state index contributed by atoms with van der Waals surface area (Å²) in [5.41, 5.74) is 7.46. The third kappa shape index (κ3) is 3.38. The van der Waals surface area contributed by atoms with Crippen molar-refractivity contribution in [1.29, 1.82) is 0 Å². The number of furan rings is 1. The van der Waals surface area contributed by atoms with E-state index in [0.29, 0.717) is 0 Å². The molecule has 0 bridgehead atoms. The van der Waals surface area contributed by atoms with E-state index in [1.807, 2.05) is 25.1 Å². The van der Waals surface area contributed by atoms with Gasteiger partial charge in [0.1, 0.15) is 11.3 Å². The predicted octanol–water partition coefficient (Wildman–Crippen LogP) is 2.45. The van der Waals surface area contributed by atoms with Gasteiger partial charge in [0.15, 0.2) is 0 Å². The predicted molar refractivity (Wildman–Crippen MR) is 88.4 cm³/mol. The van der Waals surface area contributed by atoms with E-state index in [1.165, 1.54) is 18.2 Å². The zero-order chi connectivity index (χ0) is 17.1. The summed E-state index contributed by atoms with van der Waals surface area (Å²) in [5.74, 6) is -0.896. The van der Waals surface area contributed by atoms with Gasteiger partial charge in [0.05, 0.1) is 12.7 Å². The number of phenols is 1. The summed E-state index contributed by atoms with van der Waals surface area (Å²) in [5, 5.41) is 10.2. The van der Waals surface area contributed by atoms with Crippen molar-refractivity contribution in [2.45, 2.75) is 13.3 Å². The maximum Gasteiger partial charge on any atom is 0.269 e. The number of carbonyl (C=O) groups excluding carboxylic acids is 2. The van der Waals surface area contributed by atoms with Crippen LogP contribution in [0.1, 0.15) is 21.5 Å². The summed E-state index contributed by atoms with van der Waals surface area (Å²) in [6, 6.07) is 11.6. The number of benzene rings is 2. The maximum atomic E-state index is 12.0. The Balaban J connectivity index is 1.62. The average molecular weight is 324 g/mol. The van der Waals surface area contributed by atoms with Gasteiger partial charge in [0, 0.05) is 16.5 Å². The minimum Gasteiger partial charge on any atom is -0.508 e. The lowest BCUT2D eigenvalue weighted by Gasteiger charge is -2.07. The molecule has 3 N–H and O–H groups in total. The summed E-state index contributed by atoms with van der Waals surface area (Å²) in [4.78, 5) is 23.9. The van der Waals surface area contributed by atoms with Gasteiger partial charge in [-0.25, -0.2) is 0 Å². The van der Waals surface area contributed by atoms with Crippen LogP contribution in [0.25, 0.3) is 11.0 Å². The van der Waals surface area contributed by atoms with Gasteiger partial charge in [0.25, 0.3) is 5.91 Å². The van der Waals surface area contributed by atoms with Gasteiger partial charge in [-0.1, -0.05) is 18.2 Å². The number of amides is 2. The van der Waals surface area contributed by atoms with Gasteiger partial charge in [-0.05, 0) is 36.8 Å². The Morgan fingerprint density at radius 1 is 1.12 bits per heavy atom. The second-order valence-corrected chi connectivity index (χ2v) is 5.49. The van der Waals surface area contributed by atoms with Crippen molar-refractivity contribution in [3.05, 3.63) is 65.4 Å². The van der Waals surface area contributed by atoms with Crippen LogP contribution in [-0.2, 0) is 11.2 Å². The summed E-state index contributed by atoms with van der Waals surface area (Å²) >= 11 is 0. The molecule has 0 saturated heterocycles. The van der Waals surface area contributed by atoms with Crippen LogP contribution in [0.5, 0.6) is 5.75 Å². The lowest BCUT2D eigenvalue weighted by Crippen LogP contribution is -2.42. The fourth-order valence-electron chi connectivity index (χ4n) is 2.39. The third-order valence-electron chi connectivity index (χ3n) is 3.59. The quantitative estimate of drug-likeness (QED) is 0.645. The molecule has 0 aliphatic rings. The number of nitrogens with one attached hydrogen (secondary N) is 2. The first kappa shape index (κ1) is 15.6. The Kier molecular flexibility index (Phi) is 4.20. The molecule has 1 heterocycles. The van der Waals surface area contributed by atoms with E-state index in [0.717, 1.165) is 22.1 Å². The van der Waals surface area contributed by atoms with Gasteiger partial charge >= 0.3 is 0 Å². The topological polar surface area (TPSA) is 91.6 Å². The van der Waals surface area contributed by atoms with Crippen LogP contribution in [0.15, 0.2) is 53.1 Å². The molecule has 0 fully saturated rings. The van der Waals surface area contributed by atoms with Gasteiger partial charge < -0.3 is 9.52 Å². The minimum atomic E-state index is -0.507. The van der Waals surface area contributed by atoms with E-state index in [9.17, 15) is 14.7 Å². The number of rotatable bonds is 3. The highest BCUT2D eigenvalue weighted by atomic mass is 16.3. The van der Waals surface area contributed by atoms with E-state index in [2.05, 4.69) is 10.9 Å². The third-order valence-corrected chi connectivity index (χ3v) is 3.59. The van der Waals surface area contributed by atoms with E-state index in [1.54, 1.807) is 12.3 Å². The number of hydrogen-bond acceptors (Lipinski definition) is 4. The fourth-order valence-corrected chi connectivity index (χ4v) is 2.39. The van der Waals surface area contributed by atoms with Gasteiger partial charge in [-0.3, -0.25) is 20.4 Å². The van der Waals surface area contributed by atoms with Crippen LogP contribution >= 0.6 is 0 Å². The van der Waals surface area contributed by atoms with Crippen LogP contribution in [0.3, 0.4) is 0 Å². The van der Waals surface area contributed by atoms with Crippen LogP contribution in [0.4, 0.5) is 0 Å². The van der Waals surface area contributed by atoms with E-state index in [4.69, 9.17) is 4.42 Å². The first-order valence-electron chi connectivity index (χ1n) is 7.38. The highest BCUT2D eigenvalue weighted by molar-refractivity contribution is 5.96. The van der Waals surface area contributed by atoms with E-state index < -0.39 is 5.91 Å². The molecule has 0 atom stereocenters. The minimum absolute atomic E-state index is 0.0193. The molecule has 3 rings (SSSR count). The molecule has 0 unspecified atom stereocenters. The van der Waals surface area contributed by atoms with Crippen molar-refractivity contribution in [2.24, 2.45) is 0 Å². The number of hydrogen-bond donors (Lipinski definition) is 3. The molecule has 0 spiro atoms. The Bertz CT molecular complexity index is 914. The first-order chi connectivity index (χ1) is 11.5. The lowest BCUT2D eigenvalue weighted by atomic mass is 10.1. The monoisotopic (exact) mass is 324 g/mol. The number of aromatic hydroxyl groups is 1. The lowest BCUT2D eigenvalue weighted by molar-refractivity contribution is -0.121. The normalized spacial score (nSPS) is 10.5. The molecular formula is C18H16N2O4. The van der Waals surface area contributed by atoms with E-state index in [-0.39, 0.29) is 23.6 Å². The second kappa shape index (κ2) is 6.45. The van der Waals surface area contributed by atoms with Crippen LogP contribution in [0, 0.1) is 6.92 Å². The number of fused-ring (bicyclic) bond motifs is 1. The highest BCUT2D eigenvalue weighted by Crippen LogP contribution is 2.22. The Morgan fingerprint density at radius 3 is 2.75 bits per heavy atom. The van der Waals surface area contributed by atoms with Crippen LogP contribution in [0.2, 0.25) is 0 Å². The number of hydrazine groups is 1. The zero-order valence-corrected chi connectivity index (χ0v) is 13.0. The maximum absolute atomic E-state index is 12.0. The van der Waals surface area contributed by atoms with Gasteiger partial charge in [-0.2, -0.15) is 0 Å². The SMILES string of the molecule is Cc1ccc2c(CC(=O)NNC(=O)c3cccc(O)c3)coc2c1.